The Morgan fingerprint density at radius 2 is 2.41 bits per heavy atom. The molecule has 17 heavy (non-hydrogen) atoms. The zero-order valence-corrected chi connectivity index (χ0v) is 9.59. The first kappa shape index (κ1) is 12.1. The minimum atomic E-state index is -0.552. The van der Waals surface area contributed by atoms with Crippen LogP contribution in [0.3, 0.4) is 0 Å². The second-order valence-electron chi connectivity index (χ2n) is 4.47. The number of rotatable bonds is 3. The number of aliphatic hydroxyl groups is 2. The first-order valence-electron chi connectivity index (χ1n) is 5.63. The van der Waals surface area contributed by atoms with Crippen molar-refractivity contribution in [3.8, 4) is 0 Å². The molecule has 1 aromatic rings. The van der Waals surface area contributed by atoms with Crippen molar-refractivity contribution in [1.29, 1.82) is 0 Å². The van der Waals surface area contributed by atoms with Crippen LogP contribution in [0.2, 0.25) is 0 Å². The third kappa shape index (κ3) is 2.65. The molecule has 1 aliphatic carbocycles. The molecule has 1 heterocycles. The van der Waals surface area contributed by atoms with Crippen molar-refractivity contribution >= 4 is 5.91 Å². The van der Waals surface area contributed by atoms with Gasteiger partial charge in [0.05, 0.1) is 6.10 Å². The maximum atomic E-state index is 11.7. The summed E-state index contributed by atoms with van der Waals surface area (Å²) in [5.74, 6) is 0.117. The largest absolute Gasteiger partial charge is 0.396 e. The third-order valence-corrected chi connectivity index (χ3v) is 3.09. The average molecular weight is 240 g/mol. The molecule has 0 bridgehead atoms. The number of hydrogen-bond acceptors (Lipinski definition) is 5. The molecule has 0 aliphatic heterocycles. The molecule has 2 rings (SSSR count). The van der Waals surface area contributed by atoms with Gasteiger partial charge in [-0.05, 0) is 19.8 Å². The van der Waals surface area contributed by atoms with Crippen molar-refractivity contribution in [3.63, 3.8) is 0 Å². The maximum absolute atomic E-state index is 11.7. The van der Waals surface area contributed by atoms with Crippen molar-refractivity contribution in [2.75, 3.05) is 6.61 Å². The fourth-order valence-corrected chi connectivity index (χ4v) is 2.15. The Morgan fingerprint density at radius 1 is 1.65 bits per heavy atom. The smallest absolute Gasteiger partial charge is 0.273 e. The first-order valence-corrected chi connectivity index (χ1v) is 5.63. The van der Waals surface area contributed by atoms with Gasteiger partial charge in [0, 0.05) is 24.6 Å². The number of carbonyl (C=O) groups excluding carboxylic acids is 1. The predicted octanol–water partition coefficient (Wildman–Crippen LogP) is -0.155. The van der Waals surface area contributed by atoms with Gasteiger partial charge in [-0.25, -0.2) is 0 Å². The summed E-state index contributed by atoms with van der Waals surface area (Å²) in [4.78, 5) is 11.7. The first-order chi connectivity index (χ1) is 8.10. The Morgan fingerprint density at radius 3 is 2.94 bits per heavy atom. The number of nitrogens with zero attached hydrogens (tertiary/aromatic N) is 1. The highest BCUT2D eigenvalue weighted by Crippen LogP contribution is 2.25. The quantitative estimate of drug-likeness (QED) is 0.682. The molecule has 0 saturated heterocycles. The van der Waals surface area contributed by atoms with E-state index in [0.717, 1.165) is 0 Å². The molecule has 1 aliphatic rings. The topological polar surface area (TPSA) is 95.6 Å². The second-order valence-corrected chi connectivity index (χ2v) is 4.47. The Labute approximate surface area is 98.6 Å². The van der Waals surface area contributed by atoms with Gasteiger partial charge in [-0.3, -0.25) is 4.79 Å². The Kier molecular flexibility index (Phi) is 3.44. The summed E-state index contributed by atoms with van der Waals surface area (Å²) in [6, 6.07) is 1.44. The van der Waals surface area contributed by atoms with Gasteiger partial charge in [0.1, 0.15) is 5.76 Å². The van der Waals surface area contributed by atoms with Crippen molar-refractivity contribution < 1.29 is 19.5 Å². The molecule has 0 aromatic carbocycles. The number of aliphatic hydroxyl groups excluding tert-OH is 2. The fraction of sp³-hybridized carbons (Fsp3) is 0.636. The highest BCUT2D eigenvalue weighted by molar-refractivity contribution is 5.92. The summed E-state index contributed by atoms with van der Waals surface area (Å²) < 4.78 is 4.81. The standard InChI is InChI=1S/C11H16N2O4/c1-6-2-9(13-17-6)11(16)12-8-3-7(5-14)10(15)4-8/h2,7-8,10,14-15H,3-5H2,1H3,(H,12,16)/t7-,8+,10+/m0/s1. The molecular weight excluding hydrogens is 224 g/mol. The van der Waals surface area contributed by atoms with Crippen molar-refractivity contribution in [2.45, 2.75) is 31.9 Å². The van der Waals surface area contributed by atoms with E-state index in [2.05, 4.69) is 10.5 Å². The summed E-state index contributed by atoms with van der Waals surface area (Å²) in [5, 5.41) is 25.0. The lowest BCUT2D eigenvalue weighted by atomic mass is 10.1. The van der Waals surface area contributed by atoms with Gasteiger partial charge in [0.2, 0.25) is 0 Å². The number of amides is 1. The third-order valence-electron chi connectivity index (χ3n) is 3.09. The van der Waals surface area contributed by atoms with E-state index in [0.29, 0.717) is 18.6 Å². The van der Waals surface area contributed by atoms with Crippen molar-refractivity contribution in [1.82, 2.24) is 10.5 Å². The van der Waals surface area contributed by atoms with E-state index in [-0.39, 0.29) is 30.2 Å². The number of aryl methyl sites for hydroxylation is 1. The SMILES string of the molecule is Cc1cc(C(=O)N[C@@H]2C[C@@H](CO)[C@H](O)C2)no1. The highest BCUT2D eigenvalue weighted by atomic mass is 16.5. The van der Waals surface area contributed by atoms with Crippen LogP contribution in [-0.2, 0) is 0 Å². The Balaban J connectivity index is 1.92. The molecule has 1 fully saturated rings. The number of nitrogens with one attached hydrogen (secondary N) is 1. The van der Waals surface area contributed by atoms with Crippen LogP contribution in [0, 0.1) is 12.8 Å². The lowest BCUT2D eigenvalue weighted by molar-refractivity contribution is 0.0902. The molecule has 0 spiro atoms. The molecule has 3 atom stereocenters. The van der Waals surface area contributed by atoms with Gasteiger partial charge in [-0.2, -0.15) is 0 Å². The van der Waals surface area contributed by atoms with Crippen molar-refractivity contribution in [3.05, 3.63) is 17.5 Å². The van der Waals surface area contributed by atoms with Crippen LogP contribution in [-0.4, -0.2) is 40.0 Å². The van der Waals surface area contributed by atoms with E-state index in [1.54, 1.807) is 13.0 Å². The highest BCUT2D eigenvalue weighted by Gasteiger charge is 2.33. The zero-order chi connectivity index (χ0) is 12.4. The molecule has 1 aromatic heterocycles. The van der Waals surface area contributed by atoms with E-state index in [1.807, 2.05) is 0 Å². The second kappa shape index (κ2) is 4.85. The van der Waals surface area contributed by atoms with Gasteiger partial charge in [0.15, 0.2) is 5.69 Å². The van der Waals surface area contributed by atoms with Crippen LogP contribution in [0.25, 0.3) is 0 Å². The lowest BCUT2D eigenvalue weighted by Gasteiger charge is -2.10. The number of hydrogen-bond donors (Lipinski definition) is 3. The van der Waals surface area contributed by atoms with Crippen LogP contribution < -0.4 is 5.32 Å². The monoisotopic (exact) mass is 240 g/mol. The molecule has 6 nitrogen and oxygen atoms in total. The minimum Gasteiger partial charge on any atom is -0.396 e. The van der Waals surface area contributed by atoms with Gasteiger partial charge in [0.25, 0.3) is 5.91 Å². The normalized spacial score (nSPS) is 28.3. The summed E-state index contributed by atoms with van der Waals surface area (Å²) in [6.07, 6.45) is 0.498. The number of carbonyl (C=O) groups is 1. The van der Waals surface area contributed by atoms with Crippen LogP contribution in [0.4, 0.5) is 0 Å². The minimum absolute atomic E-state index is 0.0589. The lowest BCUT2D eigenvalue weighted by Crippen LogP contribution is -2.33. The van der Waals surface area contributed by atoms with Gasteiger partial charge >= 0.3 is 0 Å². The van der Waals surface area contributed by atoms with E-state index in [4.69, 9.17) is 9.63 Å². The van der Waals surface area contributed by atoms with E-state index in [1.165, 1.54) is 0 Å². The molecule has 94 valence electrons. The molecule has 0 radical (unpaired) electrons. The molecule has 0 unspecified atom stereocenters. The van der Waals surface area contributed by atoms with Crippen molar-refractivity contribution in [2.24, 2.45) is 5.92 Å². The summed E-state index contributed by atoms with van der Waals surface area (Å²) >= 11 is 0. The van der Waals surface area contributed by atoms with Crippen LogP contribution in [0.15, 0.2) is 10.6 Å². The molecular formula is C11H16N2O4. The number of aromatic nitrogens is 1. The summed E-state index contributed by atoms with van der Waals surface area (Å²) in [7, 11) is 0. The fourth-order valence-electron chi connectivity index (χ4n) is 2.15. The van der Waals surface area contributed by atoms with Gasteiger partial charge in [-0.15, -0.1) is 0 Å². The molecule has 6 heteroatoms. The molecule has 1 amide bonds. The van der Waals surface area contributed by atoms with Gasteiger partial charge in [-0.1, -0.05) is 5.16 Å². The molecule has 1 saturated carbocycles. The maximum Gasteiger partial charge on any atom is 0.273 e. The summed E-state index contributed by atoms with van der Waals surface area (Å²) in [6.45, 7) is 1.65. The summed E-state index contributed by atoms with van der Waals surface area (Å²) in [5.41, 5.74) is 0.240. The molecule has 3 N–H and O–H groups in total. The Bertz CT molecular complexity index is 404. The van der Waals surface area contributed by atoms with E-state index in [9.17, 15) is 9.90 Å². The predicted molar refractivity (Wildman–Crippen MR) is 58.3 cm³/mol. The Hall–Kier alpha value is -1.40. The van der Waals surface area contributed by atoms with Crippen LogP contribution >= 0.6 is 0 Å². The van der Waals surface area contributed by atoms with E-state index < -0.39 is 6.10 Å². The van der Waals surface area contributed by atoms with Gasteiger partial charge < -0.3 is 20.1 Å². The van der Waals surface area contributed by atoms with Crippen LogP contribution in [0.1, 0.15) is 29.1 Å². The average Bonchev–Trinajstić information content (AvgIpc) is 2.85. The zero-order valence-electron chi connectivity index (χ0n) is 9.59. The van der Waals surface area contributed by atoms with Crippen LogP contribution in [0.5, 0.6) is 0 Å². The van der Waals surface area contributed by atoms with E-state index >= 15 is 0 Å².